The van der Waals surface area contributed by atoms with Gasteiger partial charge in [-0.05, 0) is 50.3 Å². The Labute approximate surface area is 101 Å². The fourth-order valence-corrected chi connectivity index (χ4v) is 2.92. The Morgan fingerprint density at radius 1 is 1.35 bits per heavy atom. The fourth-order valence-electron chi connectivity index (χ4n) is 2.92. The Morgan fingerprint density at radius 3 is 2.65 bits per heavy atom. The normalized spacial score (nSPS) is 28.6. The SMILES string of the molecule is CNC1CCC(C)(c2c(F)ccc(C)c2F)C1. The van der Waals surface area contributed by atoms with Gasteiger partial charge in [0.2, 0.25) is 0 Å². The van der Waals surface area contributed by atoms with Gasteiger partial charge in [-0.15, -0.1) is 0 Å². The van der Waals surface area contributed by atoms with Gasteiger partial charge < -0.3 is 5.32 Å². The van der Waals surface area contributed by atoms with Gasteiger partial charge in [0.25, 0.3) is 0 Å². The largest absolute Gasteiger partial charge is 0.317 e. The van der Waals surface area contributed by atoms with Crippen molar-refractivity contribution in [3.63, 3.8) is 0 Å². The highest BCUT2D eigenvalue weighted by Gasteiger charge is 2.39. The van der Waals surface area contributed by atoms with Crippen LogP contribution in [0.5, 0.6) is 0 Å². The molecule has 0 saturated heterocycles. The van der Waals surface area contributed by atoms with E-state index in [0.29, 0.717) is 11.6 Å². The van der Waals surface area contributed by atoms with Crippen LogP contribution < -0.4 is 5.32 Å². The smallest absolute Gasteiger partial charge is 0.132 e. The molecule has 2 atom stereocenters. The van der Waals surface area contributed by atoms with Crippen LogP contribution in [-0.2, 0) is 5.41 Å². The van der Waals surface area contributed by atoms with E-state index < -0.39 is 5.82 Å². The Hall–Kier alpha value is -0.960. The molecule has 0 radical (unpaired) electrons. The lowest BCUT2D eigenvalue weighted by molar-refractivity contribution is 0.411. The maximum absolute atomic E-state index is 14.1. The summed E-state index contributed by atoms with van der Waals surface area (Å²) in [5.41, 5.74) is 0.416. The number of hydrogen-bond acceptors (Lipinski definition) is 1. The second-order valence-corrected chi connectivity index (χ2v) is 5.34. The predicted octanol–water partition coefficient (Wildman–Crippen LogP) is 3.30. The minimum atomic E-state index is -0.410. The van der Waals surface area contributed by atoms with Crippen molar-refractivity contribution < 1.29 is 8.78 Å². The third-order valence-electron chi connectivity index (χ3n) is 4.04. The fraction of sp³-hybridized carbons (Fsp3) is 0.571. The van der Waals surface area contributed by atoms with E-state index in [9.17, 15) is 8.78 Å². The number of benzene rings is 1. The minimum Gasteiger partial charge on any atom is -0.317 e. The Morgan fingerprint density at radius 2 is 2.06 bits per heavy atom. The summed E-state index contributed by atoms with van der Waals surface area (Å²) in [4.78, 5) is 0. The molecular weight excluding hydrogens is 220 g/mol. The zero-order valence-corrected chi connectivity index (χ0v) is 10.6. The lowest BCUT2D eigenvalue weighted by Gasteiger charge is -2.26. The van der Waals surface area contributed by atoms with Gasteiger partial charge in [-0.25, -0.2) is 8.78 Å². The van der Waals surface area contributed by atoms with Crippen LogP contribution in [0, 0.1) is 18.6 Å². The summed E-state index contributed by atoms with van der Waals surface area (Å²) in [6.45, 7) is 3.65. The van der Waals surface area contributed by atoms with E-state index in [2.05, 4.69) is 5.32 Å². The summed E-state index contributed by atoms with van der Waals surface area (Å²) >= 11 is 0. The van der Waals surface area contributed by atoms with Crippen LogP contribution in [0.25, 0.3) is 0 Å². The van der Waals surface area contributed by atoms with Gasteiger partial charge in [0, 0.05) is 11.6 Å². The van der Waals surface area contributed by atoms with E-state index in [1.54, 1.807) is 6.92 Å². The molecule has 94 valence electrons. The van der Waals surface area contributed by atoms with Crippen molar-refractivity contribution >= 4 is 0 Å². The average Bonchev–Trinajstić information content (AvgIpc) is 2.67. The number of aryl methyl sites for hydroxylation is 1. The van der Waals surface area contributed by atoms with Crippen molar-refractivity contribution in [3.05, 3.63) is 34.9 Å². The minimum absolute atomic E-state index is 0.273. The summed E-state index contributed by atoms with van der Waals surface area (Å²) in [7, 11) is 1.90. The molecule has 0 bridgehead atoms. The first-order chi connectivity index (χ1) is 7.98. The van der Waals surface area contributed by atoms with Crippen molar-refractivity contribution in [1.82, 2.24) is 5.32 Å². The van der Waals surface area contributed by atoms with E-state index in [0.717, 1.165) is 19.3 Å². The molecule has 1 aliphatic carbocycles. The van der Waals surface area contributed by atoms with Crippen LogP contribution in [0.2, 0.25) is 0 Å². The number of hydrogen-bond donors (Lipinski definition) is 1. The molecule has 0 heterocycles. The van der Waals surface area contributed by atoms with Gasteiger partial charge in [0.1, 0.15) is 11.6 Å². The van der Waals surface area contributed by atoms with Crippen LogP contribution in [0.15, 0.2) is 12.1 Å². The van der Waals surface area contributed by atoms with Crippen LogP contribution >= 0.6 is 0 Å². The zero-order chi connectivity index (χ0) is 12.6. The maximum Gasteiger partial charge on any atom is 0.132 e. The number of nitrogens with one attached hydrogen (secondary N) is 1. The first kappa shape index (κ1) is 12.5. The Kier molecular flexibility index (Phi) is 3.21. The molecule has 1 saturated carbocycles. The van der Waals surface area contributed by atoms with Gasteiger partial charge in [0.15, 0.2) is 0 Å². The van der Waals surface area contributed by atoms with Crippen LogP contribution in [0.3, 0.4) is 0 Å². The van der Waals surface area contributed by atoms with E-state index in [1.165, 1.54) is 12.1 Å². The molecule has 2 rings (SSSR count). The highest BCUT2D eigenvalue weighted by atomic mass is 19.1. The van der Waals surface area contributed by atoms with E-state index in [-0.39, 0.29) is 16.8 Å². The van der Waals surface area contributed by atoms with E-state index >= 15 is 0 Å². The maximum atomic E-state index is 14.1. The average molecular weight is 239 g/mol. The molecule has 1 aromatic carbocycles. The first-order valence-corrected chi connectivity index (χ1v) is 6.10. The van der Waals surface area contributed by atoms with Crippen LogP contribution in [-0.4, -0.2) is 13.1 Å². The molecule has 2 unspecified atom stereocenters. The van der Waals surface area contributed by atoms with Gasteiger partial charge >= 0.3 is 0 Å². The van der Waals surface area contributed by atoms with Crippen molar-refractivity contribution in [2.45, 2.75) is 44.6 Å². The molecule has 1 aromatic rings. The Bertz CT molecular complexity index is 430. The van der Waals surface area contributed by atoms with E-state index in [1.807, 2.05) is 14.0 Å². The lowest BCUT2D eigenvalue weighted by atomic mass is 9.79. The molecule has 0 spiro atoms. The topological polar surface area (TPSA) is 12.0 Å². The van der Waals surface area contributed by atoms with Crippen molar-refractivity contribution in [2.75, 3.05) is 7.05 Å². The summed E-state index contributed by atoms with van der Waals surface area (Å²) in [6.07, 6.45) is 2.59. The summed E-state index contributed by atoms with van der Waals surface area (Å²) in [5, 5.41) is 3.20. The molecule has 0 aromatic heterocycles. The molecule has 1 nitrogen and oxygen atoms in total. The van der Waals surface area contributed by atoms with Crippen molar-refractivity contribution in [1.29, 1.82) is 0 Å². The molecule has 0 amide bonds. The molecular formula is C14H19F2N. The van der Waals surface area contributed by atoms with E-state index in [4.69, 9.17) is 0 Å². The first-order valence-electron chi connectivity index (χ1n) is 6.10. The van der Waals surface area contributed by atoms with Gasteiger partial charge in [-0.3, -0.25) is 0 Å². The molecule has 17 heavy (non-hydrogen) atoms. The summed E-state index contributed by atoms with van der Waals surface area (Å²) in [5.74, 6) is -0.781. The molecule has 0 aliphatic heterocycles. The predicted molar refractivity (Wildman–Crippen MR) is 65.1 cm³/mol. The van der Waals surface area contributed by atoms with Crippen molar-refractivity contribution in [3.8, 4) is 0 Å². The van der Waals surface area contributed by atoms with Gasteiger partial charge in [-0.2, -0.15) is 0 Å². The summed E-state index contributed by atoms with van der Waals surface area (Å²) in [6, 6.07) is 3.24. The Balaban J connectivity index is 2.44. The highest BCUT2D eigenvalue weighted by Crippen LogP contribution is 2.43. The monoisotopic (exact) mass is 239 g/mol. The molecule has 1 aliphatic rings. The second kappa shape index (κ2) is 4.37. The second-order valence-electron chi connectivity index (χ2n) is 5.34. The van der Waals surface area contributed by atoms with Crippen LogP contribution in [0.4, 0.5) is 8.78 Å². The third kappa shape index (κ3) is 2.08. The number of rotatable bonds is 2. The van der Waals surface area contributed by atoms with Crippen molar-refractivity contribution in [2.24, 2.45) is 0 Å². The molecule has 1 fully saturated rings. The highest BCUT2D eigenvalue weighted by molar-refractivity contribution is 5.34. The molecule has 1 N–H and O–H groups in total. The molecule has 3 heteroatoms. The number of halogens is 2. The van der Waals surface area contributed by atoms with Gasteiger partial charge in [0.05, 0.1) is 0 Å². The van der Waals surface area contributed by atoms with Gasteiger partial charge in [-0.1, -0.05) is 13.0 Å². The zero-order valence-electron chi connectivity index (χ0n) is 10.6. The summed E-state index contributed by atoms with van der Waals surface area (Å²) < 4.78 is 28.0. The van der Waals surface area contributed by atoms with Crippen LogP contribution in [0.1, 0.15) is 37.3 Å². The standard InChI is InChI=1S/C14H19F2N/c1-9-4-5-11(15)12(13(9)16)14(2)7-6-10(8-14)17-3/h4-5,10,17H,6-8H2,1-3H3. The third-order valence-corrected chi connectivity index (χ3v) is 4.04. The lowest BCUT2D eigenvalue weighted by Crippen LogP contribution is -2.27. The quantitative estimate of drug-likeness (QED) is 0.835.